The van der Waals surface area contributed by atoms with Gasteiger partial charge in [-0.3, -0.25) is 4.79 Å². The normalized spacial score (nSPS) is 15.6. The van der Waals surface area contributed by atoms with Crippen LogP contribution in [-0.4, -0.2) is 24.2 Å². The third kappa shape index (κ3) is 5.13. The highest BCUT2D eigenvalue weighted by Gasteiger charge is 2.37. The standard InChI is InChI=1S/C24H23N3O4S/c1-4-11-31-24(29)21-16(3)26-23(17(13-25)22(21)19-10-7-12-30-19)32-14-20(28)27-18-9-6-5-8-15(18)2/h4-10,12,22,26H,1,11,14H2,2-3H3,(H,27,28)/t22-/m1/s1. The average molecular weight is 450 g/mol. The van der Waals surface area contributed by atoms with Crippen LogP contribution in [0.2, 0.25) is 0 Å². The molecule has 0 unspecified atom stereocenters. The average Bonchev–Trinajstić information content (AvgIpc) is 3.31. The van der Waals surface area contributed by atoms with Gasteiger partial charge in [-0.2, -0.15) is 5.26 Å². The number of carbonyl (C=O) groups excluding carboxylic acids is 2. The van der Waals surface area contributed by atoms with Gasteiger partial charge < -0.3 is 19.8 Å². The molecule has 0 fully saturated rings. The zero-order valence-electron chi connectivity index (χ0n) is 17.8. The number of nitrogens with zero attached hydrogens (tertiary/aromatic N) is 1. The van der Waals surface area contributed by atoms with Crippen molar-refractivity contribution in [3.63, 3.8) is 0 Å². The Labute approximate surface area is 190 Å². The number of esters is 1. The van der Waals surface area contributed by atoms with E-state index in [1.165, 1.54) is 24.1 Å². The molecule has 0 bridgehead atoms. The van der Waals surface area contributed by atoms with Gasteiger partial charge in [0.1, 0.15) is 12.4 Å². The second-order valence-corrected chi connectivity index (χ2v) is 7.99. The highest BCUT2D eigenvalue weighted by atomic mass is 32.2. The number of anilines is 1. The number of amides is 1. The van der Waals surface area contributed by atoms with Crippen LogP contribution in [0.15, 0.2) is 81.6 Å². The highest BCUT2D eigenvalue weighted by Crippen LogP contribution is 2.41. The van der Waals surface area contributed by atoms with Gasteiger partial charge in [0, 0.05) is 11.4 Å². The number of para-hydroxylation sites is 1. The molecule has 2 heterocycles. The lowest BCUT2D eigenvalue weighted by Crippen LogP contribution is -2.29. The summed E-state index contributed by atoms with van der Waals surface area (Å²) in [4.78, 5) is 25.2. The maximum absolute atomic E-state index is 12.7. The van der Waals surface area contributed by atoms with Crippen molar-refractivity contribution in [3.05, 3.63) is 88.5 Å². The number of furan rings is 1. The Hall–Kier alpha value is -3.70. The molecule has 8 heteroatoms. The molecule has 0 saturated carbocycles. The number of benzene rings is 1. The fraction of sp³-hybridized carbons (Fsp3) is 0.208. The molecule has 3 rings (SSSR count). The molecule has 1 aromatic carbocycles. The molecule has 1 aliphatic heterocycles. The molecule has 1 atom stereocenters. The van der Waals surface area contributed by atoms with Crippen molar-refractivity contribution < 1.29 is 18.7 Å². The summed E-state index contributed by atoms with van der Waals surface area (Å²) in [6.07, 6.45) is 2.96. The number of hydrogen-bond acceptors (Lipinski definition) is 7. The molecule has 0 saturated heterocycles. The van der Waals surface area contributed by atoms with Gasteiger partial charge in [0.05, 0.1) is 40.2 Å². The van der Waals surface area contributed by atoms with Gasteiger partial charge in [-0.1, -0.05) is 42.6 Å². The number of nitriles is 1. The minimum atomic E-state index is -0.740. The number of rotatable bonds is 8. The Balaban J connectivity index is 1.85. The number of nitrogens with one attached hydrogen (secondary N) is 2. The molecule has 1 aliphatic rings. The largest absolute Gasteiger partial charge is 0.468 e. The quantitative estimate of drug-likeness (QED) is 0.455. The van der Waals surface area contributed by atoms with E-state index in [4.69, 9.17) is 9.15 Å². The monoisotopic (exact) mass is 449 g/mol. The molecule has 0 radical (unpaired) electrons. The lowest BCUT2D eigenvalue weighted by Gasteiger charge is -2.27. The van der Waals surface area contributed by atoms with Crippen LogP contribution in [0.1, 0.15) is 24.2 Å². The van der Waals surface area contributed by atoms with Crippen molar-refractivity contribution in [2.24, 2.45) is 0 Å². The van der Waals surface area contributed by atoms with E-state index in [-0.39, 0.29) is 29.4 Å². The second kappa shape index (κ2) is 10.6. The number of ether oxygens (including phenoxy) is 1. The number of carbonyl (C=O) groups is 2. The fourth-order valence-corrected chi connectivity index (χ4v) is 4.18. The molecule has 2 N–H and O–H groups in total. The summed E-state index contributed by atoms with van der Waals surface area (Å²) in [6, 6.07) is 13.1. The Morgan fingerprint density at radius 3 is 2.75 bits per heavy atom. The number of aryl methyl sites for hydroxylation is 1. The number of dihydropyridines is 1. The molecule has 32 heavy (non-hydrogen) atoms. The smallest absolute Gasteiger partial charge is 0.337 e. The van der Waals surface area contributed by atoms with Gasteiger partial charge >= 0.3 is 5.97 Å². The number of allylic oxidation sites excluding steroid dienone is 2. The molecule has 0 spiro atoms. The van der Waals surface area contributed by atoms with Gasteiger partial charge in [0.25, 0.3) is 0 Å². The molecular weight excluding hydrogens is 426 g/mol. The Morgan fingerprint density at radius 1 is 1.31 bits per heavy atom. The Kier molecular flexibility index (Phi) is 7.58. The summed E-state index contributed by atoms with van der Waals surface area (Å²) in [6.45, 7) is 7.24. The Morgan fingerprint density at radius 2 is 2.09 bits per heavy atom. The van der Waals surface area contributed by atoms with Crippen LogP contribution < -0.4 is 10.6 Å². The topological polar surface area (TPSA) is 104 Å². The zero-order valence-corrected chi connectivity index (χ0v) is 18.6. The van der Waals surface area contributed by atoms with E-state index in [1.54, 1.807) is 19.1 Å². The summed E-state index contributed by atoms with van der Waals surface area (Å²) in [5.41, 5.74) is 2.79. The lowest BCUT2D eigenvalue weighted by atomic mass is 9.86. The van der Waals surface area contributed by atoms with Gasteiger partial charge in [-0.05, 0) is 37.6 Å². The fourth-order valence-electron chi connectivity index (χ4n) is 3.29. The van der Waals surface area contributed by atoms with Crippen LogP contribution in [-0.2, 0) is 14.3 Å². The Bertz CT molecular complexity index is 1130. The van der Waals surface area contributed by atoms with Gasteiger partial charge in [0.15, 0.2) is 0 Å². The molecule has 1 amide bonds. The van der Waals surface area contributed by atoms with Crippen LogP contribution in [0.5, 0.6) is 0 Å². The number of hydrogen-bond donors (Lipinski definition) is 2. The van der Waals surface area contributed by atoms with Crippen LogP contribution in [0.4, 0.5) is 5.69 Å². The molecule has 7 nitrogen and oxygen atoms in total. The third-order valence-corrected chi connectivity index (χ3v) is 5.81. The van der Waals surface area contributed by atoms with Crippen molar-refractivity contribution in [2.45, 2.75) is 19.8 Å². The highest BCUT2D eigenvalue weighted by molar-refractivity contribution is 8.03. The number of thioether (sulfide) groups is 1. The van der Waals surface area contributed by atoms with E-state index in [0.29, 0.717) is 16.5 Å². The second-order valence-electron chi connectivity index (χ2n) is 7.01. The summed E-state index contributed by atoms with van der Waals surface area (Å²) in [5, 5.41) is 16.4. The van der Waals surface area contributed by atoms with E-state index in [1.807, 2.05) is 31.2 Å². The molecular formula is C24H23N3O4S. The maximum atomic E-state index is 12.7. The van der Waals surface area contributed by atoms with Crippen molar-refractivity contribution in [2.75, 3.05) is 17.7 Å². The molecule has 164 valence electrons. The van der Waals surface area contributed by atoms with Crippen LogP contribution >= 0.6 is 11.8 Å². The first-order chi connectivity index (χ1) is 15.5. The first kappa shape index (κ1) is 23.0. The summed E-state index contributed by atoms with van der Waals surface area (Å²) < 4.78 is 10.8. The van der Waals surface area contributed by atoms with Crippen LogP contribution in [0.3, 0.4) is 0 Å². The van der Waals surface area contributed by atoms with E-state index in [9.17, 15) is 14.9 Å². The zero-order chi connectivity index (χ0) is 23.1. The van der Waals surface area contributed by atoms with E-state index in [0.717, 1.165) is 11.3 Å². The van der Waals surface area contributed by atoms with Gasteiger partial charge in [-0.15, -0.1) is 0 Å². The maximum Gasteiger partial charge on any atom is 0.337 e. The van der Waals surface area contributed by atoms with Crippen molar-refractivity contribution in [1.82, 2.24) is 5.32 Å². The minimum Gasteiger partial charge on any atom is -0.468 e. The van der Waals surface area contributed by atoms with Crippen molar-refractivity contribution in [1.29, 1.82) is 5.26 Å². The summed E-state index contributed by atoms with van der Waals surface area (Å²) >= 11 is 1.19. The summed E-state index contributed by atoms with van der Waals surface area (Å²) in [5.74, 6) is -0.990. The molecule has 1 aromatic heterocycles. The molecule has 0 aliphatic carbocycles. The van der Waals surface area contributed by atoms with Gasteiger partial charge in [0.2, 0.25) is 5.91 Å². The SMILES string of the molecule is C=CCOC(=O)C1=C(C)NC(SCC(=O)Nc2ccccc2C)=C(C#N)[C@@H]1c1ccco1. The van der Waals surface area contributed by atoms with E-state index < -0.39 is 11.9 Å². The molecule has 2 aromatic rings. The lowest BCUT2D eigenvalue weighted by molar-refractivity contribution is -0.138. The minimum absolute atomic E-state index is 0.0484. The van der Waals surface area contributed by atoms with Crippen LogP contribution in [0.25, 0.3) is 0 Å². The van der Waals surface area contributed by atoms with E-state index >= 15 is 0 Å². The summed E-state index contributed by atoms with van der Waals surface area (Å²) in [7, 11) is 0. The predicted molar refractivity (Wildman–Crippen MR) is 123 cm³/mol. The van der Waals surface area contributed by atoms with Crippen LogP contribution in [0, 0.1) is 18.3 Å². The predicted octanol–water partition coefficient (Wildman–Crippen LogP) is 4.39. The van der Waals surface area contributed by atoms with Crippen molar-refractivity contribution >= 4 is 29.3 Å². The van der Waals surface area contributed by atoms with Gasteiger partial charge in [-0.25, -0.2) is 4.79 Å². The van der Waals surface area contributed by atoms with E-state index in [2.05, 4.69) is 23.3 Å². The first-order valence-electron chi connectivity index (χ1n) is 9.88. The van der Waals surface area contributed by atoms with Crippen molar-refractivity contribution in [3.8, 4) is 6.07 Å². The first-order valence-corrected chi connectivity index (χ1v) is 10.9. The third-order valence-electron chi connectivity index (χ3n) is 4.79.